The molecule has 3 fully saturated rings. The van der Waals surface area contributed by atoms with Crippen molar-refractivity contribution in [3.05, 3.63) is 35.4 Å². The minimum absolute atomic E-state index is 0.0788. The molecule has 5 amide bonds. The van der Waals surface area contributed by atoms with Gasteiger partial charge in [-0.15, -0.1) is 0 Å². The maximum atomic E-state index is 14.4. The molecule has 10 heteroatoms. The number of ketones is 1. The Hall–Kier alpha value is -3.43. The first-order chi connectivity index (χ1) is 20.0. The van der Waals surface area contributed by atoms with Crippen LogP contribution >= 0.6 is 0 Å². The first kappa shape index (κ1) is 30.0. The summed E-state index contributed by atoms with van der Waals surface area (Å²) in [7, 11) is 0. The summed E-state index contributed by atoms with van der Waals surface area (Å²) in [6.45, 7) is 6.43. The SMILES string of the molecule is CCCC(NC(=O)[C@@H]1C2C(CN1C(=O)[C@@H](NC(=O)NC1CCCCC1)C1Cc3ccccc3C1)C2(C)C)C(=O)C(N)=O. The van der Waals surface area contributed by atoms with Crippen molar-refractivity contribution in [2.45, 2.75) is 103 Å². The van der Waals surface area contributed by atoms with Crippen molar-refractivity contribution in [2.24, 2.45) is 28.9 Å². The molecule has 5 atom stereocenters. The molecule has 228 valence electrons. The van der Waals surface area contributed by atoms with Crippen LogP contribution in [0.25, 0.3) is 0 Å². The zero-order chi connectivity index (χ0) is 30.2. The van der Waals surface area contributed by atoms with Gasteiger partial charge in [0, 0.05) is 12.6 Å². The van der Waals surface area contributed by atoms with Crippen molar-refractivity contribution in [1.29, 1.82) is 0 Å². The van der Waals surface area contributed by atoms with Crippen LogP contribution in [0.15, 0.2) is 24.3 Å². The maximum absolute atomic E-state index is 14.4. The number of piperidine rings is 1. The summed E-state index contributed by atoms with van der Waals surface area (Å²) in [5.74, 6) is -2.75. The summed E-state index contributed by atoms with van der Waals surface area (Å²) in [4.78, 5) is 67.2. The third-order valence-electron chi connectivity index (χ3n) is 10.3. The van der Waals surface area contributed by atoms with Gasteiger partial charge >= 0.3 is 6.03 Å². The number of likely N-dealkylation sites (tertiary alicyclic amines) is 1. The van der Waals surface area contributed by atoms with Crippen LogP contribution in [0.1, 0.15) is 76.8 Å². The fourth-order valence-corrected chi connectivity index (χ4v) is 7.80. The third-order valence-corrected chi connectivity index (χ3v) is 10.3. The number of rotatable bonds is 10. The first-order valence-electron chi connectivity index (χ1n) is 15.6. The van der Waals surface area contributed by atoms with Gasteiger partial charge in [-0.3, -0.25) is 19.2 Å². The molecule has 4 aliphatic rings. The van der Waals surface area contributed by atoms with Gasteiger partial charge in [0.25, 0.3) is 5.91 Å². The minimum Gasteiger partial charge on any atom is -0.363 e. The van der Waals surface area contributed by atoms with Gasteiger partial charge in [0.1, 0.15) is 12.1 Å². The highest BCUT2D eigenvalue weighted by molar-refractivity contribution is 6.37. The lowest BCUT2D eigenvalue weighted by atomic mass is 9.93. The van der Waals surface area contributed by atoms with E-state index in [9.17, 15) is 24.0 Å². The Morgan fingerprint density at radius 3 is 2.24 bits per heavy atom. The Morgan fingerprint density at radius 2 is 1.64 bits per heavy atom. The lowest BCUT2D eigenvalue weighted by molar-refractivity contribution is -0.144. The number of fused-ring (bicyclic) bond motifs is 2. The predicted octanol–water partition coefficient (Wildman–Crippen LogP) is 2.22. The Labute approximate surface area is 247 Å². The van der Waals surface area contributed by atoms with Crippen molar-refractivity contribution in [3.8, 4) is 0 Å². The monoisotopic (exact) mass is 579 g/mol. The van der Waals surface area contributed by atoms with Gasteiger partial charge in [0.2, 0.25) is 17.6 Å². The number of hydrogen-bond donors (Lipinski definition) is 4. The molecule has 42 heavy (non-hydrogen) atoms. The van der Waals surface area contributed by atoms with Crippen molar-refractivity contribution in [3.63, 3.8) is 0 Å². The van der Waals surface area contributed by atoms with Crippen LogP contribution in [0.5, 0.6) is 0 Å². The summed E-state index contributed by atoms with van der Waals surface area (Å²) in [5.41, 5.74) is 7.45. The van der Waals surface area contributed by atoms with Gasteiger partial charge in [-0.1, -0.05) is 70.7 Å². The van der Waals surface area contributed by atoms with Gasteiger partial charge < -0.3 is 26.6 Å². The van der Waals surface area contributed by atoms with E-state index < -0.39 is 35.7 Å². The van der Waals surface area contributed by atoms with Crippen molar-refractivity contribution in [2.75, 3.05) is 6.54 Å². The molecule has 10 nitrogen and oxygen atoms in total. The molecule has 1 saturated heterocycles. The first-order valence-corrected chi connectivity index (χ1v) is 15.6. The number of urea groups is 1. The van der Waals surface area contributed by atoms with Crippen LogP contribution in [0, 0.1) is 23.2 Å². The number of nitrogens with two attached hydrogens (primary N) is 1. The van der Waals surface area contributed by atoms with Crippen molar-refractivity contribution in [1.82, 2.24) is 20.9 Å². The Morgan fingerprint density at radius 1 is 1.00 bits per heavy atom. The molecule has 3 unspecified atom stereocenters. The van der Waals surface area contributed by atoms with Crippen molar-refractivity contribution >= 4 is 29.5 Å². The number of nitrogens with one attached hydrogen (secondary N) is 3. The van der Waals surface area contributed by atoms with E-state index in [0.717, 1.165) is 25.7 Å². The van der Waals surface area contributed by atoms with Gasteiger partial charge in [-0.2, -0.15) is 0 Å². The molecule has 1 aromatic rings. The standard InChI is InChI=1S/C32H45N5O5/c1-4-10-23(27(38)28(33)39)35-29(40)26-24-22(32(24,2)3)17-37(26)30(41)25(20-15-18-11-8-9-12-19(18)16-20)36-31(42)34-21-13-6-5-7-14-21/h8-9,11-12,20-26H,4-7,10,13-17H2,1-3H3,(H2,33,39)(H,35,40)(H2,34,36,42)/t22?,23?,24?,25-,26-/m0/s1. The van der Waals surface area contributed by atoms with Crippen LogP contribution < -0.4 is 21.7 Å². The van der Waals surface area contributed by atoms with Gasteiger partial charge in [-0.25, -0.2) is 4.79 Å². The molecule has 5 rings (SSSR count). The second-order valence-corrected chi connectivity index (χ2v) is 13.3. The molecular formula is C32H45N5O5. The van der Waals surface area contributed by atoms with E-state index in [1.807, 2.05) is 19.1 Å². The van der Waals surface area contributed by atoms with Crippen LogP contribution in [0.2, 0.25) is 0 Å². The lowest BCUT2D eigenvalue weighted by Crippen LogP contribution is -2.60. The van der Waals surface area contributed by atoms with E-state index in [-0.39, 0.29) is 47.6 Å². The lowest BCUT2D eigenvalue weighted by Gasteiger charge is -2.35. The van der Waals surface area contributed by atoms with E-state index >= 15 is 0 Å². The summed E-state index contributed by atoms with van der Waals surface area (Å²) in [6.07, 6.45) is 7.33. The number of carbonyl (C=O) groups excluding carboxylic acids is 5. The van der Waals surface area contributed by atoms with Crippen LogP contribution in [-0.2, 0) is 32.0 Å². The van der Waals surface area contributed by atoms with Crippen LogP contribution in [0.3, 0.4) is 0 Å². The predicted molar refractivity (Wildman–Crippen MR) is 157 cm³/mol. The average Bonchev–Trinajstić information content (AvgIpc) is 3.33. The molecule has 0 aromatic heterocycles. The minimum atomic E-state index is -1.09. The summed E-state index contributed by atoms with van der Waals surface area (Å²) < 4.78 is 0. The van der Waals surface area contributed by atoms with Gasteiger partial charge in [-0.05, 0) is 66.4 Å². The highest BCUT2D eigenvalue weighted by Gasteiger charge is 2.69. The molecule has 0 spiro atoms. The molecule has 1 aromatic carbocycles. The van der Waals surface area contributed by atoms with Crippen molar-refractivity contribution < 1.29 is 24.0 Å². The highest BCUT2D eigenvalue weighted by Crippen LogP contribution is 2.65. The number of nitrogens with zero attached hydrogens (tertiary/aromatic N) is 1. The normalized spacial score (nSPS) is 26.0. The Kier molecular flexibility index (Phi) is 8.62. The van der Waals surface area contributed by atoms with Crippen LogP contribution in [-0.4, -0.2) is 65.1 Å². The second kappa shape index (κ2) is 12.1. The molecule has 0 bridgehead atoms. The quantitative estimate of drug-likeness (QED) is 0.314. The van der Waals surface area contributed by atoms with Gasteiger partial charge in [0.05, 0.1) is 6.04 Å². The fourth-order valence-electron chi connectivity index (χ4n) is 7.80. The van der Waals surface area contributed by atoms with E-state index in [1.54, 1.807) is 4.90 Å². The zero-order valence-corrected chi connectivity index (χ0v) is 25.0. The molecule has 1 heterocycles. The van der Waals surface area contributed by atoms with Gasteiger partial charge in [0.15, 0.2) is 0 Å². The smallest absolute Gasteiger partial charge is 0.315 e. The average molecular weight is 580 g/mol. The number of carbonyl (C=O) groups is 5. The maximum Gasteiger partial charge on any atom is 0.315 e. The van der Waals surface area contributed by atoms with E-state index in [4.69, 9.17) is 5.73 Å². The number of benzene rings is 1. The number of Topliss-reactive ketones (excluding diaryl/α,β-unsaturated/α-hetero) is 1. The zero-order valence-electron chi connectivity index (χ0n) is 25.0. The topological polar surface area (TPSA) is 151 Å². The number of primary amides is 1. The van der Waals surface area contributed by atoms with E-state index in [1.165, 1.54) is 17.5 Å². The molecule has 0 radical (unpaired) electrons. The Balaban J connectivity index is 1.38. The largest absolute Gasteiger partial charge is 0.363 e. The van der Waals surface area contributed by atoms with E-state index in [2.05, 4.69) is 41.9 Å². The molecule has 3 aliphatic carbocycles. The fraction of sp³-hybridized carbons (Fsp3) is 0.656. The number of hydrogen-bond acceptors (Lipinski definition) is 5. The molecule has 1 aliphatic heterocycles. The van der Waals surface area contributed by atoms with Crippen LogP contribution in [0.4, 0.5) is 4.79 Å². The highest BCUT2D eigenvalue weighted by atomic mass is 16.2. The summed E-state index contributed by atoms with van der Waals surface area (Å²) in [6, 6.07) is 5.19. The second-order valence-electron chi connectivity index (χ2n) is 13.3. The Bertz CT molecular complexity index is 1220. The number of amides is 5. The summed E-state index contributed by atoms with van der Waals surface area (Å²) >= 11 is 0. The molecule has 2 saturated carbocycles. The summed E-state index contributed by atoms with van der Waals surface area (Å²) in [5, 5.41) is 8.87. The molecular weight excluding hydrogens is 534 g/mol. The van der Waals surface area contributed by atoms with E-state index in [0.29, 0.717) is 25.8 Å². The molecule has 5 N–H and O–H groups in total. The third kappa shape index (κ3) is 5.90.